The number of carbonyl (C=O) groups is 1. The van der Waals surface area contributed by atoms with Crippen molar-refractivity contribution in [1.29, 1.82) is 0 Å². The molecular weight excluding hydrogens is 238 g/mol. The van der Waals surface area contributed by atoms with Crippen molar-refractivity contribution in [2.24, 2.45) is 17.6 Å². The first-order valence-corrected chi connectivity index (χ1v) is 7.81. The van der Waals surface area contributed by atoms with E-state index in [1.165, 1.54) is 25.9 Å². The van der Waals surface area contributed by atoms with Crippen molar-refractivity contribution in [3.63, 3.8) is 0 Å². The maximum Gasteiger partial charge on any atom is 0.225 e. The Balaban J connectivity index is 1.75. The number of amides is 1. The second kappa shape index (κ2) is 6.71. The third-order valence-corrected chi connectivity index (χ3v) is 4.93. The average Bonchev–Trinajstić information content (AvgIpc) is 2.91. The Kier molecular flexibility index (Phi) is 5.22. The van der Waals surface area contributed by atoms with Crippen LogP contribution in [0.2, 0.25) is 0 Å². The molecule has 110 valence electrons. The lowest BCUT2D eigenvalue weighted by molar-refractivity contribution is -0.135. The molecule has 4 heteroatoms. The zero-order valence-corrected chi connectivity index (χ0v) is 12.5. The summed E-state index contributed by atoms with van der Waals surface area (Å²) < 4.78 is 0. The number of nitrogens with zero attached hydrogens (tertiary/aromatic N) is 2. The molecule has 0 aromatic heterocycles. The maximum absolute atomic E-state index is 12.4. The highest BCUT2D eigenvalue weighted by atomic mass is 16.2. The van der Waals surface area contributed by atoms with Crippen molar-refractivity contribution in [2.75, 3.05) is 33.2 Å². The molecule has 1 aliphatic heterocycles. The van der Waals surface area contributed by atoms with Crippen LogP contribution in [0.4, 0.5) is 0 Å². The number of carbonyl (C=O) groups excluding carboxylic acids is 1. The summed E-state index contributed by atoms with van der Waals surface area (Å²) >= 11 is 0. The normalized spacial score (nSPS) is 32.5. The zero-order valence-electron chi connectivity index (χ0n) is 12.5. The van der Waals surface area contributed by atoms with E-state index in [1.807, 2.05) is 11.9 Å². The first kappa shape index (κ1) is 14.8. The van der Waals surface area contributed by atoms with Gasteiger partial charge in [-0.3, -0.25) is 4.79 Å². The molecule has 2 rings (SSSR count). The molecule has 1 amide bonds. The third kappa shape index (κ3) is 3.93. The number of hydrogen-bond donors (Lipinski definition) is 1. The molecule has 1 aliphatic carbocycles. The number of likely N-dealkylation sites (tertiary alicyclic amines) is 1. The summed E-state index contributed by atoms with van der Waals surface area (Å²) in [5, 5.41) is 0. The van der Waals surface area contributed by atoms with Gasteiger partial charge in [-0.2, -0.15) is 0 Å². The molecule has 3 atom stereocenters. The second-order valence-corrected chi connectivity index (χ2v) is 6.46. The summed E-state index contributed by atoms with van der Waals surface area (Å²) in [6, 6.07) is 0.203. The Morgan fingerprint density at radius 1 is 1.32 bits per heavy atom. The van der Waals surface area contributed by atoms with Crippen LogP contribution in [0.1, 0.15) is 39.0 Å². The first-order chi connectivity index (χ1) is 9.08. The number of nitrogens with two attached hydrogens (primary N) is 1. The molecule has 0 aromatic rings. The van der Waals surface area contributed by atoms with Gasteiger partial charge in [0.25, 0.3) is 0 Å². The lowest BCUT2D eigenvalue weighted by Gasteiger charge is -2.33. The van der Waals surface area contributed by atoms with Gasteiger partial charge in [-0.05, 0) is 51.1 Å². The van der Waals surface area contributed by atoms with Crippen LogP contribution in [0.5, 0.6) is 0 Å². The van der Waals surface area contributed by atoms with Gasteiger partial charge in [0.1, 0.15) is 0 Å². The molecule has 1 saturated carbocycles. The van der Waals surface area contributed by atoms with Crippen molar-refractivity contribution in [3.05, 3.63) is 0 Å². The largest absolute Gasteiger partial charge is 0.344 e. The summed E-state index contributed by atoms with van der Waals surface area (Å²) in [6.45, 7) is 6.49. The van der Waals surface area contributed by atoms with Crippen LogP contribution in [-0.4, -0.2) is 55.0 Å². The van der Waals surface area contributed by atoms with Crippen LogP contribution in [0, 0.1) is 11.8 Å². The minimum Gasteiger partial charge on any atom is -0.344 e. The second-order valence-electron chi connectivity index (χ2n) is 6.46. The zero-order chi connectivity index (χ0) is 13.8. The van der Waals surface area contributed by atoms with Crippen LogP contribution in [0.3, 0.4) is 0 Å². The van der Waals surface area contributed by atoms with Crippen molar-refractivity contribution < 1.29 is 4.79 Å². The van der Waals surface area contributed by atoms with E-state index in [-0.39, 0.29) is 12.0 Å². The molecule has 0 aromatic carbocycles. The average molecular weight is 267 g/mol. The monoisotopic (exact) mass is 267 g/mol. The molecule has 19 heavy (non-hydrogen) atoms. The minimum atomic E-state index is 0.162. The maximum atomic E-state index is 12.4. The van der Waals surface area contributed by atoms with E-state index < -0.39 is 0 Å². The number of hydrogen-bond acceptors (Lipinski definition) is 3. The van der Waals surface area contributed by atoms with Crippen LogP contribution in [-0.2, 0) is 4.79 Å². The van der Waals surface area contributed by atoms with E-state index in [2.05, 4.69) is 11.8 Å². The van der Waals surface area contributed by atoms with Crippen molar-refractivity contribution in [1.82, 2.24) is 9.80 Å². The van der Waals surface area contributed by atoms with Gasteiger partial charge in [0.05, 0.1) is 0 Å². The van der Waals surface area contributed by atoms with Gasteiger partial charge in [-0.1, -0.05) is 6.92 Å². The molecule has 3 unspecified atom stereocenters. The molecule has 2 N–H and O–H groups in total. The SMILES string of the molecule is CC1CCC(C(=O)N(C)CCN2CCCC2)CC1N. The van der Waals surface area contributed by atoms with Gasteiger partial charge < -0.3 is 15.5 Å². The van der Waals surface area contributed by atoms with Crippen molar-refractivity contribution in [3.8, 4) is 0 Å². The van der Waals surface area contributed by atoms with Gasteiger partial charge in [-0.25, -0.2) is 0 Å². The lowest BCUT2D eigenvalue weighted by Crippen LogP contribution is -2.43. The fraction of sp³-hybridized carbons (Fsp3) is 0.933. The number of rotatable bonds is 4. The summed E-state index contributed by atoms with van der Waals surface area (Å²) in [4.78, 5) is 16.8. The Bertz CT molecular complexity index is 302. The standard InChI is InChI=1S/C15H29N3O/c1-12-5-6-13(11-14(12)16)15(19)17(2)9-10-18-7-3-4-8-18/h12-14H,3-11,16H2,1-2H3. The van der Waals surface area contributed by atoms with Gasteiger partial charge in [0, 0.05) is 32.1 Å². The van der Waals surface area contributed by atoms with Crippen LogP contribution < -0.4 is 5.73 Å². The van der Waals surface area contributed by atoms with E-state index in [0.717, 1.165) is 32.4 Å². The predicted molar refractivity (Wildman–Crippen MR) is 77.8 cm³/mol. The van der Waals surface area contributed by atoms with Crippen LogP contribution >= 0.6 is 0 Å². The summed E-state index contributed by atoms with van der Waals surface area (Å²) in [6.07, 6.45) is 5.60. The van der Waals surface area contributed by atoms with E-state index in [0.29, 0.717) is 11.8 Å². The molecule has 0 radical (unpaired) electrons. The molecule has 0 bridgehead atoms. The van der Waals surface area contributed by atoms with Crippen LogP contribution in [0.15, 0.2) is 0 Å². The van der Waals surface area contributed by atoms with E-state index in [4.69, 9.17) is 5.73 Å². The smallest absolute Gasteiger partial charge is 0.225 e. The molecule has 2 aliphatic rings. The molecule has 0 spiro atoms. The highest BCUT2D eigenvalue weighted by Crippen LogP contribution is 2.28. The van der Waals surface area contributed by atoms with Gasteiger partial charge in [0.15, 0.2) is 0 Å². The Morgan fingerprint density at radius 3 is 2.63 bits per heavy atom. The van der Waals surface area contributed by atoms with E-state index in [1.54, 1.807) is 0 Å². The Labute approximate surface area is 117 Å². The highest BCUT2D eigenvalue weighted by Gasteiger charge is 2.31. The summed E-state index contributed by atoms with van der Waals surface area (Å²) in [7, 11) is 1.95. The lowest BCUT2D eigenvalue weighted by atomic mass is 9.79. The van der Waals surface area contributed by atoms with Gasteiger partial charge in [0.2, 0.25) is 5.91 Å². The molecule has 4 nitrogen and oxygen atoms in total. The predicted octanol–water partition coefficient (Wildman–Crippen LogP) is 1.30. The van der Waals surface area contributed by atoms with Crippen molar-refractivity contribution >= 4 is 5.91 Å². The topological polar surface area (TPSA) is 49.6 Å². The molecule has 2 fully saturated rings. The minimum absolute atomic E-state index is 0.162. The highest BCUT2D eigenvalue weighted by molar-refractivity contribution is 5.78. The van der Waals surface area contributed by atoms with Crippen molar-refractivity contribution in [2.45, 2.75) is 45.1 Å². The number of likely N-dealkylation sites (N-methyl/N-ethyl adjacent to an activating group) is 1. The molecular formula is C15H29N3O. The molecule has 1 heterocycles. The summed E-state index contributed by atoms with van der Waals surface area (Å²) in [5.74, 6) is 1.04. The summed E-state index contributed by atoms with van der Waals surface area (Å²) in [5.41, 5.74) is 6.10. The van der Waals surface area contributed by atoms with Gasteiger partial charge >= 0.3 is 0 Å². The van der Waals surface area contributed by atoms with E-state index in [9.17, 15) is 4.79 Å². The Hall–Kier alpha value is -0.610. The fourth-order valence-electron chi connectivity index (χ4n) is 3.30. The fourth-order valence-corrected chi connectivity index (χ4v) is 3.30. The Morgan fingerprint density at radius 2 is 2.00 bits per heavy atom. The van der Waals surface area contributed by atoms with Crippen LogP contribution in [0.25, 0.3) is 0 Å². The van der Waals surface area contributed by atoms with E-state index >= 15 is 0 Å². The first-order valence-electron chi connectivity index (χ1n) is 7.81. The third-order valence-electron chi connectivity index (χ3n) is 4.93. The van der Waals surface area contributed by atoms with Gasteiger partial charge in [-0.15, -0.1) is 0 Å². The molecule has 1 saturated heterocycles. The quantitative estimate of drug-likeness (QED) is 0.835.